The van der Waals surface area contributed by atoms with Crippen LogP contribution in [-0.4, -0.2) is 68.3 Å². The van der Waals surface area contributed by atoms with E-state index in [0.29, 0.717) is 11.4 Å². The van der Waals surface area contributed by atoms with Crippen LogP contribution >= 0.6 is 11.6 Å². The van der Waals surface area contributed by atoms with Gasteiger partial charge in [-0.3, -0.25) is 9.59 Å². The zero-order chi connectivity index (χ0) is 22.9. The number of likely N-dealkylation sites (N-methyl/N-ethyl adjacent to an activating group) is 2. The highest BCUT2D eigenvalue weighted by Gasteiger charge is 2.28. The Morgan fingerprint density at radius 3 is 2.27 bits per heavy atom. The van der Waals surface area contributed by atoms with Gasteiger partial charge in [0.05, 0.1) is 7.11 Å². The van der Waals surface area contributed by atoms with Crippen LogP contribution in [0.2, 0.25) is 5.02 Å². The molecule has 0 aliphatic rings. The molecule has 30 heavy (non-hydrogen) atoms. The summed E-state index contributed by atoms with van der Waals surface area (Å²) < 4.78 is 10.1. The van der Waals surface area contributed by atoms with Crippen LogP contribution in [0.5, 0.6) is 0 Å². The van der Waals surface area contributed by atoms with Gasteiger partial charge in [0.15, 0.2) is 0 Å². The van der Waals surface area contributed by atoms with Crippen molar-refractivity contribution in [3.63, 3.8) is 0 Å². The first-order valence-electron chi connectivity index (χ1n) is 9.69. The normalized spacial score (nSPS) is 13.2. The minimum absolute atomic E-state index is 0.0377. The fraction of sp³-hybridized carbons (Fsp3) is 0.571. The number of methoxy groups -OCH3 is 1. The number of amides is 2. The molecule has 9 heteroatoms. The lowest BCUT2D eigenvalue weighted by Crippen LogP contribution is -2.47. The highest BCUT2D eigenvalue weighted by Crippen LogP contribution is 2.17. The molecule has 1 aromatic rings. The van der Waals surface area contributed by atoms with Gasteiger partial charge < -0.3 is 25.0 Å². The van der Waals surface area contributed by atoms with Crippen LogP contribution in [0.25, 0.3) is 0 Å². The molecule has 0 unspecified atom stereocenters. The summed E-state index contributed by atoms with van der Waals surface area (Å²) in [4.78, 5) is 38.2. The maximum atomic E-state index is 12.6. The van der Waals surface area contributed by atoms with E-state index in [1.807, 2.05) is 12.1 Å². The van der Waals surface area contributed by atoms with Crippen molar-refractivity contribution < 1.29 is 23.9 Å². The second kappa shape index (κ2) is 11.8. The molecule has 1 aromatic carbocycles. The molecule has 0 saturated carbocycles. The van der Waals surface area contributed by atoms with E-state index in [9.17, 15) is 14.4 Å². The molecule has 0 bridgehead atoms. The van der Waals surface area contributed by atoms with E-state index in [-0.39, 0.29) is 18.9 Å². The SMILES string of the molecule is CN[C@H](CNC(=O)C[C@H](Cc1ccc(Cl)cc1)N(C)C(=O)OC(C)(C)C)C(=O)OC. The molecule has 0 heterocycles. The maximum absolute atomic E-state index is 12.6. The summed E-state index contributed by atoms with van der Waals surface area (Å²) in [5, 5.41) is 6.11. The third-order valence-corrected chi connectivity index (χ3v) is 4.62. The summed E-state index contributed by atoms with van der Waals surface area (Å²) in [5.41, 5.74) is 0.272. The minimum Gasteiger partial charge on any atom is -0.468 e. The third kappa shape index (κ3) is 9.00. The van der Waals surface area contributed by atoms with Crippen molar-refractivity contribution in [2.24, 2.45) is 0 Å². The van der Waals surface area contributed by atoms with Gasteiger partial charge in [-0.05, 0) is 51.9 Å². The summed E-state index contributed by atoms with van der Waals surface area (Å²) in [7, 11) is 4.49. The van der Waals surface area contributed by atoms with E-state index in [4.69, 9.17) is 16.3 Å². The van der Waals surface area contributed by atoms with Crippen LogP contribution in [0.15, 0.2) is 24.3 Å². The Morgan fingerprint density at radius 1 is 1.17 bits per heavy atom. The Labute approximate surface area is 183 Å². The molecule has 0 aliphatic carbocycles. The van der Waals surface area contributed by atoms with Crippen LogP contribution in [0.3, 0.4) is 0 Å². The summed E-state index contributed by atoms with van der Waals surface area (Å²) in [6.07, 6.45) is -0.0418. The number of rotatable bonds is 9. The van der Waals surface area contributed by atoms with E-state index in [1.54, 1.807) is 47.0 Å². The van der Waals surface area contributed by atoms with Gasteiger partial charge in [0.2, 0.25) is 5.91 Å². The zero-order valence-corrected chi connectivity index (χ0v) is 19.2. The monoisotopic (exact) mass is 441 g/mol. The van der Waals surface area contributed by atoms with E-state index in [1.165, 1.54) is 12.0 Å². The molecule has 0 aliphatic heterocycles. The van der Waals surface area contributed by atoms with Gasteiger partial charge in [0.25, 0.3) is 0 Å². The quantitative estimate of drug-likeness (QED) is 0.571. The van der Waals surface area contributed by atoms with Gasteiger partial charge >= 0.3 is 12.1 Å². The van der Waals surface area contributed by atoms with Gasteiger partial charge in [0, 0.05) is 31.1 Å². The van der Waals surface area contributed by atoms with E-state index < -0.39 is 29.7 Å². The van der Waals surface area contributed by atoms with Gasteiger partial charge in [-0.2, -0.15) is 0 Å². The highest BCUT2D eigenvalue weighted by molar-refractivity contribution is 6.30. The number of benzene rings is 1. The molecular weight excluding hydrogens is 410 g/mol. The minimum atomic E-state index is -0.655. The molecule has 2 atom stereocenters. The Hall–Kier alpha value is -2.32. The number of hydrogen-bond acceptors (Lipinski definition) is 6. The number of hydrogen-bond donors (Lipinski definition) is 2. The van der Waals surface area contributed by atoms with Crippen molar-refractivity contribution in [3.8, 4) is 0 Å². The van der Waals surface area contributed by atoms with Crippen molar-refractivity contribution in [2.45, 2.75) is 51.3 Å². The van der Waals surface area contributed by atoms with Gasteiger partial charge in [-0.15, -0.1) is 0 Å². The third-order valence-electron chi connectivity index (χ3n) is 4.37. The number of halogens is 1. The lowest BCUT2D eigenvalue weighted by molar-refractivity contribution is -0.142. The van der Waals surface area contributed by atoms with Crippen LogP contribution in [0.1, 0.15) is 32.8 Å². The van der Waals surface area contributed by atoms with Crippen molar-refractivity contribution in [1.29, 1.82) is 0 Å². The fourth-order valence-corrected chi connectivity index (χ4v) is 2.80. The van der Waals surface area contributed by atoms with Crippen molar-refractivity contribution in [2.75, 3.05) is 27.7 Å². The number of carbonyl (C=O) groups is 3. The molecular formula is C21H32ClN3O5. The highest BCUT2D eigenvalue weighted by atomic mass is 35.5. The van der Waals surface area contributed by atoms with Crippen LogP contribution in [-0.2, 0) is 25.5 Å². The summed E-state index contributed by atoms with van der Waals surface area (Å²) in [6.45, 7) is 5.42. The molecule has 0 saturated heterocycles. The Kier molecular flexibility index (Phi) is 10.1. The number of nitrogens with zero attached hydrogens (tertiary/aromatic N) is 1. The smallest absolute Gasteiger partial charge is 0.410 e. The zero-order valence-electron chi connectivity index (χ0n) is 18.5. The summed E-state index contributed by atoms with van der Waals surface area (Å²) in [6, 6.07) is 6.11. The number of nitrogens with one attached hydrogen (secondary N) is 2. The van der Waals surface area contributed by atoms with E-state index in [2.05, 4.69) is 15.4 Å². The molecule has 1 rings (SSSR count). The predicted molar refractivity (Wildman–Crippen MR) is 115 cm³/mol. The molecule has 2 N–H and O–H groups in total. The fourth-order valence-electron chi connectivity index (χ4n) is 2.67. The van der Waals surface area contributed by atoms with Crippen LogP contribution in [0, 0.1) is 0 Å². The van der Waals surface area contributed by atoms with Gasteiger partial charge in [-0.25, -0.2) is 4.79 Å². The number of ether oxygens (including phenoxy) is 2. The molecule has 0 radical (unpaired) electrons. The first-order valence-corrected chi connectivity index (χ1v) is 10.1. The standard InChI is InChI=1S/C21H32ClN3O5/c1-21(2,3)30-20(28)25(5)16(11-14-7-9-15(22)10-8-14)12-18(26)24-13-17(23-4)19(27)29-6/h7-10,16-17,23H,11-13H2,1-6H3,(H,24,26)/t16-,17+/m0/s1. The first kappa shape index (κ1) is 25.7. The van der Waals surface area contributed by atoms with Crippen LogP contribution in [0.4, 0.5) is 4.79 Å². The Bertz CT molecular complexity index is 718. The lowest BCUT2D eigenvalue weighted by Gasteiger charge is -2.30. The lowest BCUT2D eigenvalue weighted by atomic mass is 10.0. The van der Waals surface area contributed by atoms with Crippen molar-refractivity contribution >= 4 is 29.6 Å². The molecule has 0 aromatic heterocycles. The summed E-state index contributed by atoms with van der Waals surface area (Å²) in [5.74, 6) is -0.769. The van der Waals surface area contributed by atoms with Gasteiger partial charge in [0.1, 0.15) is 11.6 Å². The van der Waals surface area contributed by atoms with Gasteiger partial charge in [-0.1, -0.05) is 23.7 Å². The first-order chi connectivity index (χ1) is 14.0. The van der Waals surface area contributed by atoms with E-state index in [0.717, 1.165) is 5.56 Å². The maximum Gasteiger partial charge on any atom is 0.410 e. The number of esters is 1. The molecule has 0 fully saturated rings. The largest absolute Gasteiger partial charge is 0.468 e. The number of carbonyl (C=O) groups excluding carboxylic acids is 3. The topological polar surface area (TPSA) is 97.0 Å². The van der Waals surface area contributed by atoms with Crippen molar-refractivity contribution in [1.82, 2.24) is 15.5 Å². The average molecular weight is 442 g/mol. The van der Waals surface area contributed by atoms with Crippen LogP contribution < -0.4 is 10.6 Å². The predicted octanol–water partition coefficient (Wildman–Crippen LogP) is 2.39. The molecule has 2 amide bonds. The average Bonchev–Trinajstić information content (AvgIpc) is 2.67. The van der Waals surface area contributed by atoms with Crippen molar-refractivity contribution in [3.05, 3.63) is 34.9 Å². The summed E-state index contributed by atoms with van der Waals surface area (Å²) >= 11 is 5.95. The second-order valence-electron chi connectivity index (χ2n) is 7.95. The second-order valence-corrected chi connectivity index (χ2v) is 8.38. The molecule has 8 nitrogen and oxygen atoms in total. The van der Waals surface area contributed by atoms with E-state index >= 15 is 0 Å². The Balaban J connectivity index is 2.88. The molecule has 0 spiro atoms. The Morgan fingerprint density at radius 2 is 1.77 bits per heavy atom. The molecule has 168 valence electrons.